The Kier molecular flexibility index (Phi) is 5.57. The molecule has 2 atom stereocenters. The van der Waals surface area contributed by atoms with E-state index in [2.05, 4.69) is 15.5 Å². The lowest BCUT2D eigenvalue weighted by atomic mass is 9.65. The lowest BCUT2D eigenvalue weighted by molar-refractivity contribution is -0.122. The van der Waals surface area contributed by atoms with Crippen LogP contribution in [0.4, 0.5) is 5.13 Å². The van der Waals surface area contributed by atoms with Gasteiger partial charge in [0.05, 0.1) is 0 Å². The Balaban J connectivity index is 0.00000161. The maximum Gasteiger partial charge on any atom is 0.229 e. The van der Waals surface area contributed by atoms with Gasteiger partial charge in [0.25, 0.3) is 0 Å². The summed E-state index contributed by atoms with van der Waals surface area (Å²) in [4.78, 5) is 12.4. The highest BCUT2D eigenvalue weighted by Crippen LogP contribution is 2.42. The molecule has 0 aliphatic heterocycles. The van der Waals surface area contributed by atoms with E-state index in [0.29, 0.717) is 23.0 Å². The van der Waals surface area contributed by atoms with Gasteiger partial charge in [0.2, 0.25) is 11.0 Å². The van der Waals surface area contributed by atoms with Gasteiger partial charge in [-0.3, -0.25) is 4.79 Å². The Morgan fingerprint density at radius 1 is 1.33 bits per heavy atom. The Bertz CT molecular complexity index is 481. The van der Waals surface area contributed by atoms with Crippen LogP contribution >= 0.6 is 23.7 Å². The minimum Gasteiger partial charge on any atom is -0.327 e. The van der Waals surface area contributed by atoms with Gasteiger partial charge in [-0.1, -0.05) is 24.7 Å². The Morgan fingerprint density at radius 3 is 2.57 bits per heavy atom. The number of hydrogen-bond acceptors (Lipinski definition) is 5. The summed E-state index contributed by atoms with van der Waals surface area (Å²) in [6.07, 6.45) is 6.36. The summed E-state index contributed by atoms with van der Waals surface area (Å²) in [5.41, 5.74) is 6.27. The van der Waals surface area contributed by atoms with Crippen LogP contribution in [0.2, 0.25) is 0 Å². The van der Waals surface area contributed by atoms with Gasteiger partial charge in [-0.15, -0.1) is 22.6 Å². The van der Waals surface area contributed by atoms with E-state index >= 15 is 0 Å². The number of nitrogens with one attached hydrogen (secondary N) is 1. The number of halogens is 1. The van der Waals surface area contributed by atoms with Crippen molar-refractivity contribution in [2.24, 2.45) is 23.5 Å². The van der Waals surface area contributed by atoms with Crippen molar-refractivity contribution >= 4 is 34.8 Å². The van der Waals surface area contributed by atoms with Crippen molar-refractivity contribution in [2.75, 3.05) is 5.32 Å². The SMILES string of the molecule is CCc1nnc(NC(=O)C2CC3CCCC(C2)C3N)s1.Cl. The number of nitrogens with zero attached hydrogens (tertiary/aromatic N) is 2. The molecule has 1 amide bonds. The summed E-state index contributed by atoms with van der Waals surface area (Å²) in [6, 6.07) is 0.307. The minimum atomic E-state index is 0. The van der Waals surface area contributed by atoms with Crippen LogP contribution in [0.3, 0.4) is 0 Å². The highest BCUT2D eigenvalue weighted by Gasteiger charge is 2.40. The van der Waals surface area contributed by atoms with Crippen LogP contribution in [0.25, 0.3) is 0 Å². The zero-order chi connectivity index (χ0) is 14.1. The summed E-state index contributed by atoms with van der Waals surface area (Å²) in [6.45, 7) is 2.04. The van der Waals surface area contributed by atoms with Gasteiger partial charge in [0, 0.05) is 12.0 Å². The predicted octanol–water partition coefficient (Wildman–Crippen LogP) is 2.61. The van der Waals surface area contributed by atoms with Crippen LogP contribution in [-0.4, -0.2) is 22.1 Å². The van der Waals surface area contributed by atoms with Crippen molar-refractivity contribution in [3.05, 3.63) is 5.01 Å². The molecule has 21 heavy (non-hydrogen) atoms. The molecular formula is C14H23ClN4OS. The fraction of sp³-hybridized carbons (Fsp3) is 0.786. The smallest absolute Gasteiger partial charge is 0.229 e. The lowest BCUT2D eigenvalue weighted by Gasteiger charge is -2.43. The molecule has 2 aliphatic rings. The first-order chi connectivity index (χ1) is 9.67. The van der Waals surface area contributed by atoms with E-state index in [0.717, 1.165) is 24.3 Å². The monoisotopic (exact) mass is 330 g/mol. The Labute approximate surface area is 135 Å². The average Bonchev–Trinajstić information content (AvgIpc) is 2.86. The molecule has 2 saturated carbocycles. The van der Waals surface area contributed by atoms with E-state index < -0.39 is 0 Å². The second-order valence-electron chi connectivity index (χ2n) is 6.04. The molecule has 0 radical (unpaired) electrons. The standard InChI is InChI=1S/C14H22N4OS.ClH/c1-2-11-17-18-14(20-11)16-13(19)10-6-8-4-3-5-9(7-10)12(8)15;/h8-10,12H,2-7,15H2,1H3,(H,16,18,19);1H. The maximum absolute atomic E-state index is 12.4. The summed E-state index contributed by atoms with van der Waals surface area (Å²) < 4.78 is 0. The van der Waals surface area contributed by atoms with Crippen LogP contribution < -0.4 is 11.1 Å². The Morgan fingerprint density at radius 2 is 2.00 bits per heavy atom. The third-order valence-corrected chi connectivity index (χ3v) is 5.77. The molecule has 0 saturated heterocycles. The number of carbonyl (C=O) groups excluding carboxylic acids is 1. The summed E-state index contributed by atoms with van der Waals surface area (Å²) >= 11 is 1.47. The average molecular weight is 331 g/mol. The van der Waals surface area contributed by atoms with Gasteiger partial charge in [0.15, 0.2) is 0 Å². The van der Waals surface area contributed by atoms with E-state index in [1.165, 1.54) is 30.6 Å². The molecule has 3 N–H and O–H groups in total. The summed E-state index contributed by atoms with van der Waals surface area (Å²) in [5.74, 6) is 1.25. The number of aryl methyl sites for hydroxylation is 1. The molecule has 7 heteroatoms. The number of carbonyl (C=O) groups is 1. The first-order valence-electron chi connectivity index (χ1n) is 7.56. The molecule has 5 nitrogen and oxygen atoms in total. The second kappa shape index (κ2) is 7.03. The number of amides is 1. The van der Waals surface area contributed by atoms with Crippen LogP contribution in [-0.2, 0) is 11.2 Å². The molecule has 118 valence electrons. The van der Waals surface area contributed by atoms with Crippen molar-refractivity contribution in [1.82, 2.24) is 10.2 Å². The number of fused-ring (bicyclic) bond motifs is 2. The first kappa shape index (κ1) is 16.6. The van der Waals surface area contributed by atoms with E-state index in [4.69, 9.17) is 5.73 Å². The summed E-state index contributed by atoms with van der Waals surface area (Å²) in [5, 5.41) is 12.6. The zero-order valence-corrected chi connectivity index (χ0v) is 13.9. The molecule has 3 rings (SSSR count). The topological polar surface area (TPSA) is 80.9 Å². The number of nitrogens with two attached hydrogens (primary N) is 1. The second-order valence-corrected chi connectivity index (χ2v) is 7.10. The third kappa shape index (κ3) is 3.55. The first-order valence-corrected chi connectivity index (χ1v) is 8.37. The highest BCUT2D eigenvalue weighted by molar-refractivity contribution is 7.15. The van der Waals surface area contributed by atoms with Gasteiger partial charge in [0.1, 0.15) is 5.01 Å². The van der Waals surface area contributed by atoms with E-state index in [1.54, 1.807) is 0 Å². The normalized spacial score (nSPS) is 31.3. The van der Waals surface area contributed by atoms with Crippen molar-refractivity contribution in [1.29, 1.82) is 0 Å². The van der Waals surface area contributed by atoms with Crippen LogP contribution in [0, 0.1) is 17.8 Å². The van der Waals surface area contributed by atoms with E-state index in [1.807, 2.05) is 6.92 Å². The highest BCUT2D eigenvalue weighted by atomic mass is 35.5. The number of rotatable bonds is 3. The largest absolute Gasteiger partial charge is 0.327 e. The molecule has 1 heterocycles. The molecule has 2 fully saturated rings. The Hall–Kier alpha value is -0.720. The van der Waals surface area contributed by atoms with Crippen LogP contribution in [0.15, 0.2) is 0 Å². The quantitative estimate of drug-likeness (QED) is 0.892. The fourth-order valence-corrected chi connectivity index (χ4v) is 4.34. The maximum atomic E-state index is 12.4. The van der Waals surface area contributed by atoms with Crippen molar-refractivity contribution in [3.63, 3.8) is 0 Å². The van der Waals surface area contributed by atoms with Gasteiger partial charge >= 0.3 is 0 Å². The fourth-order valence-electron chi connectivity index (χ4n) is 3.66. The molecule has 1 aromatic rings. The van der Waals surface area contributed by atoms with Crippen molar-refractivity contribution in [3.8, 4) is 0 Å². The predicted molar refractivity (Wildman–Crippen MR) is 86.7 cm³/mol. The van der Waals surface area contributed by atoms with Gasteiger partial charge in [-0.2, -0.15) is 0 Å². The lowest BCUT2D eigenvalue weighted by Crippen LogP contribution is -2.48. The van der Waals surface area contributed by atoms with Crippen molar-refractivity contribution < 1.29 is 4.79 Å². The number of anilines is 1. The zero-order valence-electron chi connectivity index (χ0n) is 12.2. The molecule has 1 aromatic heterocycles. The summed E-state index contributed by atoms with van der Waals surface area (Å²) in [7, 11) is 0. The molecular weight excluding hydrogens is 308 g/mol. The number of hydrogen-bond donors (Lipinski definition) is 2. The van der Waals surface area contributed by atoms with Crippen LogP contribution in [0.1, 0.15) is 44.0 Å². The van der Waals surface area contributed by atoms with Gasteiger partial charge in [-0.25, -0.2) is 0 Å². The van der Waals surface area contributed by atoms with Gasteiger partial charge < -0.3 is 11.1 Å². The molecule has 0 aromatic carbocycles. The third-order valence-electron chi connectivity index (χ3n) is 4.78. The van der Waals surface area contributed by atoms with Gasteiger partial charge in [-0.05, 0) is 43.9 Å². The van der Waals surface area contributed by atoms with E-state index in [9.17, 15) is 4.79 Å². The van der Waals surface area contributed by atoms with Crippen molar-refractivity contribution in [2.45, 2.75) is 51.5 Å². The van der Waals surface area contributed by atoms with Crippen LogP contribution in [0.5, 0.6) is 0 Å². The molecule has 0 spiro atoms. The molecule has 2 aliphatic carbocycles. The van der Waals surface area contributed by atoms with E-state index in [-0.39, 0.29) is 24.2 Å². The minimum absolute atomic E-state index is 0. The molecule has 2 unspecified atom stereocenters. The molecule has 2 bridgehead atoms. The number of aromatic nitrogens is 2.